The molecule has 3 nitrogen and oxygen atoms in total. The monoisotopic (exact) mass is 208 g/mol. The summed E-state index contributed by atoms with van der Waals surface area (Å²) in [6.45, 7) is 8.70. The summed E-state index contributed by atoms with van der Waals surface area (Å²) in [7, 11) is 0. The highest BCUT2D eigenvalue weighted by atomic mass is 16.5. The molecule has 0 bridgehead atoms. The van der Waals surface area contributed by atoms with Crippen LogP contribution in [0.2, 0.25) is 0 Å². The molecule has 0 aromatic carbocycles. The zero-order chi connectivity index (χ0) is 11.1. The number of nitrogens with zero attached hydrogens (tertiary/aromatic N) is 1. The average Bonchev–Trinajstić information content (AvgIpc) is 2.71. The van der Waals surface area contributed by atoms with Crippen molar-refractivity contribution in [1.82, 2.24) is 10.5 Å². The summed E-state index contributed by atoms with van der Waals surface area (Å²) in [5, 5.41) is 7.33. The Bertz CT molecular complexity index is 294. The van der Waals surface area contributed by atoms with Crippen LogP contribution in [0.1, 0.15) is 38.1 Å². The highest BCUT2D eigenvalue weighted by Gasteiger charge is 2.04. The Labute approximate surface area is 91.5 Å². The molecule has 1 heterocycles. The van der Waals surface area contributed by atoms with Gasteiger partial charge in [-0.15, -0.1) is 6.58 Å². The molecule has 0 spiro atoms. The van der Waals surface area contributed by atoms with Crippen LogP contribution in [0.4, 0.5) is 0 Å². The predicted octanol–water partition coefficient (Wildman–Crippen LogP) is 2.68. The second-order valence-corrected chi connectivity index (χ2v) is 3.79. The first kappa shape index (κ1) is 12.0. The first-order valence-electron chi connectivity index (χ1n) is 5.55. The average molecular weight is 208 g/mol. The first-order valence-corrected chi connectivity index (χ1v) is 5.55. The van der Waals surface area contributed by atoms with Gasteiger partial charge in [-0.2, -0.15) is 0 Å². The summed E-state index contributed by atoms with van der Waals surface area (Å²) in [5.74, 6) is 0.914. The zero-order valence-corrected chi connectivity index (χ0v) is 9.62. The maximum absolute atomic E-state index is 5.18. The molecule has 1 atom stereocenters. The Morgan fingerprint density at radius 2 is 2.47 bits per heavy atom. The maximum Gasteiger partial charge on any atom is 0.150 e. The van der Waals surface area contributed by atoms with Crippen molar-refractivity contribution in [2.45, 2.75) is 45.7 Å². The highest BCUT2D eigenvalue weighted by Crippen LogP contribution is 2.05. The minimum atomic E-state index is 0.484. The lowest BCUT2D eigenvalue weighted by molar-refractivity contribution is 0.358. The van der Waals surface area contributed by atoms with Crippen molar-refractivity contribution < 1.29 is 4.52 Å². The summed E-state index contributed by atoms with van der Waals surface area (Å²) >= 11 is 0. The van der Waals surface area contributed by atoms with E-state index in [1.807, 2.05) is 12.1 Å². The number of hydrogen-bond acceptors (Lipinski definition) is 3. The molecular formula is C12H20N2O. The van der Waals surface area contributed by atoms with Crippen LogP contribution in [0.3, 0.4) is 0 Å². The second-order valence-electron chi connectivity index (χ2n) is 3.79. The Balaban J connectivity index is 2.26. The molecule has 3 heteroatoms. The van der Waals surface area contributed by atoms with Gasteiger partial charge in [-0.1, -0.05) is 18.2 Å². The first-order chi connectivity index (χ1) is 7.26. The molecule has 0 aliphatic heterocycles. The van der Waals surface area contributed by atoms with E-state index in [1.54, 1.807) is 0 Å². The van der Waals surface area contributed by atoms with Gasteiger partial charge in [-0.25, -0.2) is 0 Å². The minimum Gasteiger partial charge on any atom is -0.360 e. The lowest BCUT2D eigenvalue weighted by Gasteiger charge is -2.10. The van der Waals surface area contributed by atoms with Crippen LogP contribution in [-0.2, 0) is 13.0 Å². The fourth-order valence-electron chi connectivity index (χ4n) is 1.35. The molecule has 0 fully saturated rings. The van der Waals surface area contributed by atoms with Gasteiger partial charge in [-0.3, -0.25) is 0 Å². The molecular weight excluding hydrogens is 188 g/mol. The van der Waals surface area contributed by atoms with Crippen LogP contribution in [0, 0.1) is 0 Å². The Morgan fingerprint density at radius 3 is 3.07 bits per heavy atom. The van der Waals surface area contributed by atoms with Crippen molar-refractivity contribution in [3.63, 3.8) is 0 Å². The fraction of sp³-hybridized carbons (Fsp3) is 0.583. The van der Waals surface area contributed by atoms with E-state index in [1.165, 1.54) is 0 Å². The largest absolute Gasteiger partial charge is 0.360 e. The van der Waals surface area contributed by atoms with Crippen LogP contribution in [0.15, 0.2) is 23.2 Å². The summed E-state index contributed by atoms with van der Waals surface area (Å²) in [5.41, 5.74) is 1.02. The quantitative estimate of drug-likeness (QED) is 0.700. The Hall–Kier alpha value is -1.09. The smallest absolute Gasteiger partial charge is 0.150 e. The molecule has 1 aromatic rings. The van der Waals surface area contributed by atoms with Crippen LogP contribution < -0.4 is 5.32 Å². The molecule has 1 unspecified atom stereocenters. The number of nitrogens with one attached hydrogen (secondary N) is 1. The summed E-state index contributed by atoms with van der Waals surface area (Å²) < 4.78 is 5.18. The highest BCUT2D eigenvalue weighted by molar-refractivity contribution is 5.04. The van der Waals surface area contributed by atoms with Gasteiger partial charge in [0, 0.05) is 12.1 Å². The van der Waals surface area contributed by atoms with Crippen molar-refractivity contribution in [2.24, 2.45) is 0 Å². The van der Waals surface area contributed by atoms with E-state index < -0.39 is 0 Å². The zero-order valence-electron chi connectivity index (χ0n) is 9.62. The predicted molar refractivity (Wildman–Crippen MR) is 61.6 cm³/mol. The van der Waals surface area contributed by atoms with Crippen LogP contribution in [0.25, 0.3) is 0 Å². The van der Waals surface area contributed by atoms with Crippen LogP contribution >= 0.6 is 0 Å². The number of aromatic nitrogens is 1. The molecule has 0 amide bonds. The van der Waals surface area contributed by atoms with E-state index in [9.17, 15) is 0 Å². The second kappa shape index (κ2) is 6.40. The fourth-order valence-corrected chi connectivity index (χ4v) is 1.35. The van der Waals surface area contributed by atoms with E-state index in [0.29, 0.717) is 6.04 Å². The third-order valence-electron chi connectivity index (χ3n) is 2.40. The molecule has 84 valence electrons. The summed E-state index contributed by atoms with van der Waals surface area (Å²) in [6, 6.07) is 2.49. The summed E-state index contributed by atoms with van der Waals surface area (Å²) in [4.78, 5) is 0. The molecule has 1 N–H and O–H groups in total. The van der Waals surface area contributed by atoms with Gasteiger partial charge in [0.25, 0.3) is 0 Å². The van der Waals surface area contributed by atoms with Gasteiger partial charge < -0.3 is 9.84 Å². The van der Waals surface area contributed by atoms with E-state index >= 15 is 0 Å². The molecule has 0 aliphatic carbocycles. The third kappa shape index (κ3) is 4.30. The Morgan fingerprint density at radius 1 is 1.67 bits per heavy atom. The Kier molecular flexibility index (Phi) is 5.12. The van der Waals surface area contributed by atoms with Crippen molar-refractivity contribution in [3.8, 4) is 0 Å². The van der Waals surface area contributed by atoms with Crippen molar-refractivity contribution in [2.75, 3.05) is 0 Å². The number of hydrogen-bond donors (Lipinski definition) is 1. The summed E-state index contributed by atoms with van der Waals surface area (Å²) in [6.07, 6.45) is 5.03. The molecule has 0 radical (unpaired) electrons. The standard InChI is InChI=1S/C12H20N2O/c1-4-6-7-10(3)13-9-12-8-11(5-2)14-15-12/h4,8,10,13H,1,5-7,9H2,2-3H3. The van der Waals surface area contributed by atoms with Crippen LogP contribution in [0.5, 0.6) is 0 Å². The van der Waals surface area contributed by atoms with Gasteiger partial charge in [0.05, 0.1) is 12.2 Å². The van der Waals surface area contributed by atoms with Crippen LogP contribution in [-0.4, -0.2) is 11.2 Å². The topological polar surface area (TPSA) is 38.1 Å². The lowest BCUT2D eigenvalue weighted by Crippen LogP contribution is -2.24. The van der Waals surface area contributed by atoms with Gasteiger partial charge in [-0.05, 0) is 26.2 Å². The maximum atomic E-state index is 5.18. The van der Waals surface area contributed by atoms with E-state index in [-0.39, 0.29) is 0 Å². The number of aryl methyl sites for hydroxylation is 1. The number of rotatable bonds is 7. The molecule has 15 heavy (non-hydrogen) atoms. The van der Waals surface area contributed by atoms with Gasteiger partial charge >= 0.3 is 0 Å². The van der Waals surface area contributed by atoms with Gasteiger partial charge in [0.2, 0.25) is 0 Å². The van der Waals surface area contributed by atoms with E-state index in [4.69, 9.17) is 4.52 Å². The molecule has 0 saturated heterocycles. The minimum absolute atomic E-state index is 0.484. The normalized spacial score (nSPS) is 12.7. The SMILES string of the molecule is C=CCCC(C)NCc1cc(CC)no1. The molecule has 0 aliphatic rings. The molecule has 0 saturated carbocycles. The molecule has 1 rings (SSSR count). The third-order valence-corrected chi connectivity index (χ3v) is 2.40. The van der Waals surface area contributed by atoms with Crippen molar-refractivity contribution in [3.05, 3.63) is 30.2 Å². The van der Waals surface area contributed by atoms with E-state index in [2.05, 4.69) is 30.9 Å². The van der Waals surface area contributed by atoms with Crippen molar-refractivity contribution in [1.29, 1.82) is 0 Å². The van der Waals surface area contributed by atoms with Crippen molar-refractivity contribution >= 4 is 0 Å². The van der Waals surface area contributed by atoms with E-state index in [0.717, 1.165) is 37.3 Å². The lowest BCUT2D eigenvalue weighted by atomic mass is 10.2. The van der Waals surface area contributed by atoms with Gasteiger partial charge in [0.15, 0.2) is 5.76 Å². The molecule has 1 aromatic heterocycles. The van der Waals surface area contributed by atoms with Gasteiger partial charge in [0.1, 0.15) is 0 Å². The number of allylic oxidation sites excluding steroid dienone is 1.